The predicted octanol–water partition coefficient (Wildman–Crippen LogP) is 1.18. The number of aromatic amines is 1. The Morgan fingerprint density at radius 3 is 3.00 bits per heavy atom. The number of nitrogens with one attached hydrogen (secondary N) is 3. The first-order valence-corrected chi connectivity index (χ1v) is 6.34. The minimum Gasteiger partial charge on any atom is -0.376 e. The van der Waals surface area contributed by atoms with Crippen LogP contribution >= 0.6 is 24.0 Å². The van der Waals surface area contributed by atoms with Crippen molar-refractivity contribution in [1.29, 1.82) is 0 Å². The zero-order valence-electron chi connectivity index (χ0n) is 11.4. The molecule has 0 bridgehead atoms. The molecule has 1 saturated heterocycles. The van der Waals surface area contributed by atoms with Gasteiger partial charge in [-0.2, -0.15) is 5.10 Å². The summed E-state index contributed by atoms with van der Waals surface area (Å²) in [5.41, 5.74) is 2.23. The number of H-pyrrole nitrogens is 1. The zero-order chi connectivity index (χ0) is 12.8. The Hall–Kier alpha value is -0.830. The Balaban J connectivity index is 0.00000180. The highest BCUT2D eigenvalue weighted by Crippen LogP contribution is 2.10. The summed E-state index contributed by atoms with van der Waals surface area (Å²) in [6.45, 7) is 4.41. The van der Waals surface area contributed by atoms with E-state index in [-0.39, 0.29) is 24.0 Å². The van der Waals surface area contributed by atoms with E-state index in [0.29, 0.717) is 12.6 Å². The number of hydrogen-bond acceptors (Lipinski definition) is 3. The number of aryl methyl sites for hydroxylation is 1. The summed E-state index contributed by atoms with van der Waals surface area (Å²) in [6.07, 6.45) is 4.44. The Morgan fingerprint density at radius 2 is 2.42 bits per heavy atom. The molecule has 1 aliphatic rings. The maximum atomic E-state index is 5.56. The minimum atomic E-state index is 0. The molecule has 0 aromatic carbocycles. The Kier molecular flexibility index (Phi) is 7.14. The van der Waals surface area contributed by atoms with Crippen LogP contribution in [0.25, 0.3) is 0 Å². The van der Waals surface area contributed by atoms with Crippen LogP contribution < -0.4 is 10.6 Å². The van der Waals surface area contributed by atoms with Crippen LogP contribution in [0.15, 0.2) is 11.2 Å². The van der Waals surface area contributed by atoms with E-state index in [0.717, 1.165) is 43.2 Å². The van der Waals surface area contributed by atoms with E-state index in [2.05, 4.69) is 25.8 Å². The van der Waals surface area contributed by atoms with Crippen LogP contribution in [-0.2, 0) is 11.3 Å². The Bertz CT molecular complexity index is 401. The van der Waals surface area contributed by atoms with Crippen LogP contribution in [-0.4, -0.2) is 42.5 Å². The van der Waals surface area contributed by atoms with Gasteiger partial charge in [0, 0.05) is 38.0 Å². The summed E-state index contributed by atoms with van der Waals surface area (Å²) < 4.78 is 5.56. The molecule has 0 spiro atoms. The second kappa shape index (κ2) is 8.36. The Morgan fingerprint density at radius 1 is 1.58 bits per heavy atom. The molecule has 0 saturated carbocycles. The van der Waals surface area contributed by atoms with Gasteiger partial charge in [-0.3, -0.25) is 10.1 Å². The fourth-order valence-corrected chi connectivity index (χ4v) is 1.97. The molecule has 6 nitrogen and oxygen atoms in total. The third kappa shape index (κ3) is 4.98. The van der Waals surface area contributed by atoms with Crippen LogP contribution in [0, 0.1) is 6.92 Å². The molecule has 0 aliphatic carbocycles. The molecule has 1 atom stereocenters. The summed E-state index contributed by atoms with van der Waals surface area (Å²) in [7, 11) is 1.77. The molecule has 0 amide bonds. The normalized spacial score (nSPS) is 19.1. The molecule has 1 aromatic rings. The number of guanidine groups is 1. The van der Waals surface area contributed by atoms with E-state index < -0.39 is 0 Å². The van der Waals surface area contributed by atoms with Crippen LogP contribution in [0.4, 0.5) is 0 Å². The van der Waals surface area contributed by atoms with Gasteiger partial charge in [-0.25, -0.2) is 0 Å². The quantitative estimate of drug-likeness (QED) is 0.417. The second-order valence-corrected chi connectivity index (χ2v) is 4.46. The van der Waals surface area contributed by atoms with Crippen molar-refractivity contribution in [2.45, 2.75) is 32.4 Å². The predicted molar refractivity (Wildman–Crippen MR) is 85.9 cm³/mol. The smallest absolute Gasteiger partial charge is 0.191 e. The summed E-state index contributed by atoms with van der Waals surface area (Å²) in [5.74, 6) is 0.797. The largest absolute Gasteiger partial charge is 0.376 e. The number of rotatable bonds is 4. The summed E-state index contributed by atoms with van der Waals surface area (Å²) in [4.78, 5) is 4.19. The van der Waals surface area contributed by atoms with E-state index in [1.165, 1.54) is 0 Å². The maximum absolute atomic E-state index is 5.56. The molecule has 19 heavy (non-hydrogen) atoms. The number of ether oxygens (including phenoxy) is 1. The van der Waals surface area contributed by atoms with Gasteiger partial charge in [0.05, 0.1) is 12.3 Å². The first-order chi connectivity index (χ1) is 8.79. The monoisotopic (exact) mass is 379 g/mol. The third-order valence-electron chi connectivity index (χ3n) is 3.13. The molecule has 1 unspecified atom stereocenters. The molecular weight excluding hydrogens is 357 g/mol. The van der Waals surface area contributed by atoms with Gasteiger partial charge in [0.2, 0.25) is 0 Å². The zero-order valence-corrected chi connectivity index (χ0v) is 13.7. The van der Waals surface area contributed by atoms with Crippen molar-refractivity contribution >= 4 is 29.9 Å². The number of aromatic nitrogens is 2. The van der Waals surface area contributed by atoms with E-state index in [1.807, 2.05) is 13.1 Å². The van der Waals surface area contributed by atoms with Gasteiger partial charge in [-0.05, 0) is 19.8 Å². The summed E-state index contributed by atoms with van der Waals surface area (Å²) in [5, 5.41) is 13.4. The van der Waals surface area contributed by atoms with Gasteiger partial charge in [0.15, 0.2) is 5.96 Å². The maximum Gasteiger partial charge on any atom is 0.191 e. The van der Waals surface area contributed by atoms with Crippen LogP contribution in [0.1, 0.15) is 24.1 Å². The molecule has 2 heterocycles. The van der Waals surface area contributed by atoms with Gasteiger partial charge in [0.1, 0.15) is 0 Å². The highest BCUT2D eigenvalue weighted by atomic mass is 127. The van der Waals surface area contributed by atoms with E-state index >= 15 is 0 Å². The number of hydrogen-bond donors (Lipinski definition) is 3. The molecule has 108 valence electrons. The molecule has 7 heteroatoms. The average molecular weight is 379 g/mol. The Labute approximate surface area is 130 Å². The number of halogens is 1. The molecule has 2 rings (SSSR count). The van der Waals surface area contributed by atoms with E-state index in [9.17, 15) is 0 Å². The molecule has 0 radical (unpaired) electrons. The minimum absolute atomic E-state index is 0. The highest BCUT2D eigenvalue weighted by Gasteiger charge is 2.15. The van der Waals surface area contributed by atoms with Crippen molar-refractivity contribution < 1.29 is 4.74 Å². The second-order valence-electron chi connectivity index (χ2n) is 4.46. The van der Waals surface area contributed by atoms with Gasteiger partial charge in [-0.1, -0.05) is 0 Å². The van der Waals surface area contributed by atoms with Crippen molar-refractivity contribution in [2.24, 2.45) is 4.99 Å². The molecule has 1 fully saturated rings. The average Bonchev–Trinajstić information content (AvgIpc) is 3.01. The lowest BCUT2D eigenvalue weighted by Gasteiger charge is -2.14. The van der Waals surface area contributed by atoms with Crippen LogP contribution in [0.3, 0.4) is 0 Å². The van der Waals surface area contributed by atoms with Crippen molar-refractivity contribution in [3.8, 4) is 0 Å². The fourth-order valence-electron chi connectivity index (χ4n) is 1.97. The van der Waals surface area contributed by atoms with E-state index in [1.54, 1.807) is 7.05 Å². The first-order valence-electron chi connectivity index (χ1n) is 6.34. The van der Waals surface area contributed by atoms with Crippen molar-refractivity contribution in [3.05, 3.63) is 17.5 Å². The SMILES string of the molecule is CN=C(NCc1cn[nH]c1C)NCC1CCCO1.I. The lowest BCUT2D eigenvalue weighted by Crippen LogP contribution is -2.40. The molecule has 1 aromatic heterocycles. The van der Waals surface area contributed by atoms with Crippen molar-refractivity contribution in [2.75, 3.05) is 20.2 Å². The van der Waals surface area contributed by atoms with Crippen LogP contribution in [0.5, 0.6) is 0 Å². The van der Waals surface area contributed by atoms with E-state index in [4.69, 9.17) is 4.74 Å². The molecular formula is C12H22IN5O. The lowest BCUT2D eigenvalue weighted by molar-refractivity contribution is 0.114. The number of aliphatic imine (C=N–C) groups is 1. The van der Waals surface area contributed by atoms with Crippen LogP contribution in [0.2, 0.25) is 0 Å². The molecule has 1 aliphatic heterocycles. The first kappa shape index (κ1) is 16.2. The van der Waals surface area contributed by atoms with Gasteiger partial charge < -0.3 is 15.4 Å². The molecule has 3 N–H and O–H groups in total. The standard InChI is InChI=1S/C12H21N5O.HI/c1-9-10(7-16-17-9)6-14-12(13-2)15-8-11-4-3-5-18-11;/h7,11H,3-6,8H2,1-2H3,(H,16,17)(H2,13,14,15);1H. The summed E-state index contributed by atoms with van der Waals surface area (Å²) in [6, 6.07) is 0. The highest BCUT2D eigenvalue weighted by molar-refractivity contribution is 14.0. The lowest BCUT2D eigenvalue weighted by atomic mass is 10.2. The van der Waals surface area contributed by atoms with Gasteiger partial charge in [0.25, 0.3) is 0 Å². The topological polar surface area (TPSA) is 74.3 Å². The fraction of sp³-hybridized carbons (Fsp3) is 0.667. The summed E-state index contributed by atoms with van der Waals surface area (Å²) >= 11 is 0. The van der Waals surface area contributed by atoms with Crippen molar-refractivity contribution in [1.82, 2.24) is 20.8 Å². The number of nitrogens with zero attached hydrogens (tertiary/aromatic N) is 2. The van der Waals surface area contributed by atoms with Gasteiger partial charge in [-0.15, -0.1) is 24.0 Å². The van der Waals surface area contributed by atoms with Gasteiger partial charge >= 0.3 is 0 Å². The third-order valence-corrected chi connectivity index (χ3v) is 3.13. The van der Waals surface area contributed by atoms with Crippen molar-refractivity contribution in [3.63, 3.8) is 0 Å².